The van der Waals surface area contributed by atoms with Gasteiger partial charge in [0.25, 0.3) is 0 Å². The van der Waals surface area contributed by atoms with Gasteiger partial charge in [-0.15, -0.1) is 0 Å². The molecule has 1 fully saturated rings. The molecule has 1 aromatic rings. The third-order valence-electron chi connectivity index (χ3n) is 5.15. The van der Waals surface area contributed by atoms with E-state index in [1.54, 1.807) is 0 Å². The Morgan fingerprint density at radius 3 is 2.15 bits per heavy atom. The number of hydrogen-bond acceptors (Lipinski definition) is 1. The highest BCUT2D eigenvalue weighted by molar-refractivity contribution is 5.38. The van der Waals surface area contributed by atoms with Gasteiger partial charge in [-0.25, -0.2) is 0 Å². The molecule has 2 rings (SSSR count). The molecule has 1 aliphatic carbocycles. The summed E-state index contributed by atoms with van der Waals surface area (Å²) in [5.41, 5.74) is 5.79. The number of nitrogens with one attached hydrogen (secondary N) is 1. The summed E-state index contributed by atoms with van der Waals surface area (Å²) < 4.78 is 0. The molecule has 1 nitrogen and oxygen atoms in total. The summed E-state index contributed by atoms with van der Waals surface area (Å²) >= 11 is 0. The SMILES string of the molecule is CNC(CC1CCCCCC1)c1cc(C)c(C)cc1C. The lowest BCUT2D eigenvalue weighted by atomic mass is 9.87. The van der Waals surface area contributed by atoms with E-state index in [9.17, 15) is 0 Å². The van der Waals surface area contributed by atoms with Gasteiger partial charge < -0.3 is 5.32 Å². The fourth-order valence-corrected chi connectivity index (χ4v) is 3.69. The number of benzene rings is 1. The van der Waals surface area contributed by atoms with Crippen molar-refractivity contribution < 1.29 is 0 Å². The number of hydrogen-bond donors (Lipinski definition) is 1. The highest BCUT2D eigenvalue weighted by Gasteiger charge is 2.20. The van der Waals surface area contributed by atoms with Crippen LogP contribution >= 0.6 is 0 Å². The van der Waals surface area contributed by atoms with Gasteiger partial charge in [-0.1, -0.05) is 50.7 Å². The van der Waals surface area contributed by atoms with E-state index in [1.165, 1.54) is 67.2 Å². The summed E-state index contributed by atoms with van der Waals surface area (Å²) in [6, 6.07) is 5.28. The van der Waals surface area contributed by atoms with Crippen LogP contribution in [-0.4, -0.2) is 7.05 Å². The Bertz CT molecular complexity index is 428. The standard InChI is InChI=1S/C19H31N/c1-14-11-16(3)18(12-15(14)2)19(20-4)13-17-9-7-5-6-8-10-17/h11-12,17,19-20H,5-10,13H2,1-4H3. The van der Waals surface area contributed by atoms with Crippen molar-refractivity contribution in [2.45, 2.75) is 71.8 Å². The van der Waals surface area contributed by atoms with E-state index in [0.717, 1.165) is 5.92 Å². The fraction of sp³-hybridized carbons (Fsp3) is 0.684. The average Bonchev–Trinajstić information content (AvgIpc) is 2.69. The third kappa shape index (κ3) is 3.85. The summed E-state index contributed by atoms with van der Waals surface area (Å²) in [5, 5.41) is 3.57. The molecule has 1 saturated carbocycles. The van der Waals surface area contributed by atoms with Crippen LogP contribution in [0.25, 0.3) is 0 Å². The summed E-state index contributed by atoms with van der Waals surface area (Å²) in [5.74, 6) is 0.913. The van der Waals surface area contributed by atoms with E-state index in [-0.39, 0.29) is 0 Å². The first-order valence-corrected chi connectivity index (χ1v) is 8.37. The van der Waals surface area contributed by atoms with Crippen molar-refractivity contribution in [3.63, 3.8) is 0 Å². The highest BCUT2D eigenvalue weighted by atomic mass is 14.9. The molecule has 0 spiro atoms. The molecule has 0 saturated heterocycles. The largest absolute Gasteiger partial charge is 0.313 e. The molecular weight excluding hydrogens is 242 g/mol. The molecule has 0 aliphatic heterocycles. The van der Waals surface area contributed by atoms with Gasteiger partial charge in [0.05, 0.1) is 0 Å². The van der Waals surface area contributed by atoms with Crippen molar-refractivity contribution in [1.29, 1.82) is 0 Å². The predicted molar refractivity (Wildman–Crippen MR) is 88.3 cm³/mol. The Balaban J connectivity index is 2.13. The lowest BCUT2D eigenvalue weighted by Gasteiger charge is -2.25. The van der Waals surface area contributed by atoms with E-state index >= 15 is 0 Å². The van der Waals surface area contributed by atoms with Gasteiger partial charge in [-0.05, 0) is 62.4 Å². The second kappa shape index (κ2) is 7.26. The second-order valence-electron chi connectivity index (χ2n) is 6.73. The van der Waals surface area contributed by atoms with Crippen LogP contribution in [-0.2, 0) is 0 Å². The molecule has 112 valence electrons. The van der Waals surface area contributed by atoms with E-state index in [0.29, 0.717) is 6.04 Å². The van der Waals surface area contributed by atoms with Crippen LogP contribution < -0.4 is 5.32 Å². The van der Waals surface area contributed by atoms with Gasteiger partial charge in [0.2, 0.25) is 0 Å². The van der Waals surface area contributed by atoms with Crippen LogP contribution in [0.4, 0.5) is 0 Å². The summed E-state index contributed by atoms with van der Waals surface area (Å²) in [4.78, 5) is 0. The Hall–Kier alpha value is -0.820. The molecule has 0 bridgehead atoms. The minimum Gasteiger partial charge on any atom is -0.313 e. The molecule has 1 N–H and O–H groups in total. The van der Waals surface area contributed by atoms with Gasteiger partial charge in [0, 0.05) is 6.04 Å². The first kappa shape index (κ1) is 15.6. The van der Waals surface area contributed by atoms with Gasteiger partial charge in [0.1, 0.15) is 0 Å². The fourth-order valence-electron chi connectivity index (χ4n) is 3.69. The van der Waals surface area contributed by atoms with Crippen LogP contribution in [0.3, 0.4) is 0 Å². The quantitative estimate of drug-likeness (QED) is 0.740. The lowest BCUT2D eigenvalue weighted by molar-refractivity contribution is 0.367. The van der Waals surface area contributed by atoms with Crippen molar-refractivity contribution in [3.8, 4) is 0 Å². The van der Waals surface area contributed by atoms with Crippen LogP contribution in [0, 0.1) is 26.7 Å². The molecular formula is C19H31N. The van der Waals surface area contributed by atoms with Crippen molar-refractivity contribution in [1.82, 2.24) is 5.32 Å². The maximum atomic E-state index is 3.57. The third-order valence-corrected chi connectivity index (χ3v) is 5.15. The van der Waals surface area contributed by atoms with Gasteiger partial charge in [-0.2, -0.15) is 0 Å². The van der Waals surface area contributed by atoms with Crippen molar-refractivity contribution in [3.05, 3.63) is 34.4 Å². The number of rotatable bonds is 4. The highest BCUT2D eigenvalue weighted by Crippen LogP contribution is 2.32. The van der Waals surface area contributed by atoms with Gasteiger partial charge >= 0.3 is 0 Å². The molecule has 1 atom stereocenters. The monoisotopic (exact) mass is 273 g/mol. The Labute approximate surface area is 125 Å². The molecule has 1 aliphatic rings. The smallest absolute Gasteiger partial charge is 0.0322 e. The lowest BCUT2D eigenvalue weighted by Crippen LogP contribution is -2.21. The average molecular weight is 273 g/mol. The van der Waals surface area contributed by atoms with Crippen molar-refractivity contribution in [2.75, 3.05) is 7.05 Å². The molecule has 1 unspecified atom stereocenters. The zero-order valence-electron chi connectivity index (χ0n) is 13.8. The summed E-state index contributed by atoms with van der Waals surface area (Å²) in [6.45, 7) is 6.71. The Morgan fingerprint density at radius 1 is 0.950 bits per heavy atom. The molecule has 1 aromatic carbocycles. The Kier molecular flexibility index (Phi) is 5.65. The molecule has 0 radical (unpaired) electrons. The van der Waals surface area contributed by atoms with Gasteiger partial charge in [0.15, 0.2) is 0 Å². The minimum absolute atomic E-state index is 0.525. The minimum atomic E-state index is 0.525. The first-order chi connectivity index (χ1) is 9.61. The maximum absolute atomic E-state index is 3.57. The molecule has 1 heteroatoms. The van der Waals surface area contributed by atoms with Gasteiger partial charge in [-0.3, -0.25) is 0 Å². The Morgan fingerprint density at radius 2 is 1.55 bits per heavy atom. The normalized spacial score (nSPS) is 18.8. The van der Waals surface area contributed by atoms with Crippen LogP contribution in [0.2, 0.25) is 0 Å². The molecule has 0 aromatic heterocycles. The van der Waals surface area contributed by atoms with Crippen molar-refractivity contribution >= 4 is 0 Å². The van der Waals surface area contributed by atoms with Crippen LogP contribution in [0.5, 0.6) is 0 Å². The zero-order valence-corrected chi connectivity index (χ0v) is 13.8. The second-order valence-corrected chi connectivity index (χ2v) is 6.73. The molecule has 0 heterocycles. The van der Waals surface area contributed by atoms with E-state index in [2.05, 4.69) is 45.3 Å². The van der Waals surface area contributed by atoms with Crippen LogP contribution in [0.15, 0.2) is 12.1 Å². The van der Waals surface area contributed by atoms with Crippen molar-refractivity contribution in [2.24, 2.45) is 5.92 Å². The van der Waals surface area contributed by atoms with E-state index in [1.807, 2.05) is 0 Å². The van der Waals surface area contributed by atoms with E-state index in [4.69, 9.17) is 0 Å². The predicted octanol–water partition coefficient (Wildman–Crippen LogP) is 5.23. The molecule has 0 amide bonds. The topological polar surface area (TPSA) is 12.0 Å². The summed E-state index contributed by atoms with van der Waals surface area (Å²) in [7, 11) is 2.12. The number of aryl methyl sites for hydroxylation is 3. The van der Waals surface area contributed by atoms with E-state index < -0.39 is 0 Å². The zero-order chi connectivity index (χ0) is 14.5. The maximum Gasteiger partial charge on any atom is 0.0322 e. The summed E-state index contributed by atoms with van der Waals surface area (Å²) in [6.07, 6.45) is 9.94. The first-order valence-electron chi connectivity index (χ1n) is 8.37. The molecule has 20 heavy (non-hydrogen) atoms. The van der Waals surface area contributed by atoms with Crippen LogP contribution in [0.1, 0.15) is 73.2 Å².